The highest BCUT2D eigenvalue weighted by molar-refractivity contribution is 8.00. The Morgan fingerprint density at radius 3 is 2.89 bits per heavy atom. The number of aliphatic hydroxyl groups is 1. The van der Waals surface area contributed by atoms with Crippen molar-refractivity contribution in [3.63, 3.8) is 0 Å². The average molecular weight is 302 g/mol. The Kier molecular flexibility index (Phi) is 5.11. The van der Waals surface area contributed by atoms with E-state index in [1.165, 1.54) is 0 Å². The van der Waals surface area contributed by atoms with Crippen LogP contribution in [0.15, 0.2) is 0 Å². The van der Waals surface area contributed by atoms with Crippen molar-refractivity contribution in [1.82, 2.24) is 4.98 Å². The number of hydrogen-bond donors (Lipinski definition) is 1. The monoisotopic (exact) mass is 302 g/mol. The van der Waals surface area contributed by atoms with Gasteiger partial charge in [-0.15, -0.1) is 0 Å². The molecule has 0 radical (unpaired) electrons. The highest BCUT2D eigenvalue weighted by Crippen LogP contribution is 2.34. The van der Waals surface area contributed by atoms with Crippen LogP contribution in [0, 0.1) is 0 Å². The van der Waals surface area contributed by atoms with Crippen LogP contribution in [-0.2, 0) is 18.0 Å². The normalized spacial score (nSPS) is 19.5. The Balaban J connectivity index is 2.12. The van der Waals surface area contributed by atoms with Crippen LogP contribution in [0.25, 0.3) is 0 Å². The van der Waals surface area contributed by atoms with Gasteiger partial charge >= 0.3 is 0 Å². The topological polar surface area (TPSA) is 45.6 Å². The van der Waals surface area contributed by atoms with E-state index in [0.29, 0.717) is 11.4 Å². The minimum atomic E-state index is 0.0461. The molecule has 1 aliphatic heterocycles. The van der Waals surface area contributed by atoms with E-state index in [-0.39, 0.29) is 6.61 Å². The molecule has 2 heterocycles. The number of aromatic nitrogens is 1. The second kappa shape index (κ2) is 6.43. The van der Waals surface area contributed by atoms with Crippen LogP contribution < -0.4 is 4.90 Å². The van der Waals surface area contributed by atoms with E-state index >= 15 is 0 Å². The predicted octanol–water partition coefficient (Wildman–Crippen LogP) is 2.50. The van der Waals surface area contributed by atoms with Gasteiger partial charge in [0, 0.05) is 30.7 Å². The van der Waals surface area contributed by atoms with Gasteiger partial charge in [-0.3, -0.25) is 0 Å². The summed E-state index contributed by atoms with van der Waals surface area (Å²) < 4.78 is 5.49. The van der Waals surface area contributed by atoms with E-state index in [9.17, 15) is 5.11 Å². The molecule has 0 bridgehead atoms. The highest BCUT2D eigenvalue weighted by atomic mass is 32.2. The van der Waals surface area contributed by atoms with Crippen molar-refractivity contribution in [1.29, 1.82) is 0 Å². The lowest BCUT2D eigenvalue weighted by Crippen LogP contribution is -2.26. The zero-order valence-electron chi connectivity index (χ0n) is 11.8. The Labute approximate surface area is 123 Å². The molecule has 0 amide bonds. The second-order valence-electron chi connectivity index (χ2n) is 5.30. The van der Waals surface area contributed by atoms with Crippen LogP contribution in [0.3, 0.4) is 0 Å². The van der Waals surface area contributed by atoms with E-state index < -0.39 is 0 Å². The molecule has 0 aliphatic carbocycles. The van der Waals surface area contributed by atoms with Crippen LogP contribution >= 0.6 is 23.1 Å². The van der Waals surface area contributed by atoms with Gasteiger partial charge in [0.25, 0.3) is 0 Å². The SMILES string of the molecule is COCc1nc(N2CCSC(C)(C)CC2)sc1CO. The molecular formula is C13H22N2O2S2. The van der Waals surface area contributed by atoms with Gasteiger partial charge in [0.2, 0.25) is 0 Å². The molecule has 0 saturated carbocycles. The van der Waals surface area contributed by atoms with E-state index in [4.69, 9.17) is 4.74 Å². The van der Waals surface area contributed by atoms with E-state index in [1.54, 1.807) is 18.4 Å². The molecule has 1 aromatic heterocycles. The van der Waals surface area contributed by atoms with Crippen molar-refractivity contribution in [2.45, 2.75) is 38.2 Å². The Morgan fingerprint density at radius 2 is 2.21 bits per heavy atom. The van der Waals surface area contributed by atoms with Crippen LogP contribution in [-0.4, -0.2) is 40.8 Å². The van der Waals surface area contributed by atoms with Gasteiger partial charge in [0.05, 0.1) is 23.8 Å². The minimum absolute atomic E-state index is 0.0461. The number of thioether (sulfide) groups is 1. The number of hydrogen-bond acceptors (Lipinski definition) is 6. The summed E-state index contributed by atoms with van der Waals surface area (Å²) in [5.74, 6) is 1.13. The standard InChI is InChI=1S/C13H22N2O2S2/c1-13(2)4-5-15(6-7-18-13)12-14-10(9-17-3)11(8-16)19-12/h16H,4-9H2,1-3H3. The number of methoxy groups -OCH3 is 1. The first-order valence-electron chi connectivity index (χ1n) is 6.53. The molecule has 1 fully saturated rings. The molecule has 0 unspecified atom stereocenters. The van der Waals surface area contributed by atoms with Crippen molar-refractivity contribution < 1.29 is 9.84 Å². The van der Waals surface area contributed by atoms with Crippen molar-refractivity contribution in [3.8, 4) is 0 Å². The molecule has 4 nitrogen and oxygen atoms in total. The summed E-state index contributed by atoms with van der Waals surface area (Å²) in [4.78, 5) is 7.90. The highest BCUT2D eigenvalue weighted by Gasteiger charge is 2.25. The summed E-state index contributed by atoms with van der Waals surface area (Å²) in [6.45, 7) is 7.19. The number of rotatable bonds is 4. The maximum atomic E-state index is 9.39. The fourth-order valence-electron chi connectivity index (χ4n) is 2.09. The largest absolute Gasteiger partial charge is 0.391 e. The first kappa shape index (κ1) is 15.1. The summed E-state index contributed by atoms with van der Waals surface area (Å²) in [6, 6.07) is 0. The van der Waals surface area contributed by atoms with Gasteiger partial charge in [0.15, 0.2) is 5.13 Å². The lowest BCUT2D eigenvalue weighted by atomic mass is 10.1. The van der Waals surface area contributed by atoms with Crippen LogP contribution in [0.4, 0.5) is 5.13 Å². The molecule has 1 saturated heterocycles. The third kappa shape index (κ3) is 3.84. The summed E-state index contributed by atoms with van der Waals surface area (Å²) in [6.07, 6.45) is 1.16. The lowest BCUT2D eigenvalue weighted by molar-refractivity contribution is 0.179. The number of ether oxygens (including phenoxy) is 1. The van der Waals surface area contributed by atoms with Gasteiger partial charge in [-0.05, 0) is 6.42 Å². The molecule has 108 valence electrons. The average Bonchev–Trinajstić information content (AvgIpc) is 2.67. The fraction of sp³-hybridized carbons (Fsp3) is 0.769. The summed E-state index contributed by atoms with van der Waals surface area (Å²) in [7, 11) is 1.66. The number of nitrogens with zero attached hydrogens (tertiary/aromatic N) is 2. The Hall–Kier alpha value is -0.300. The van der Waals surface area contributed by atoms with Gasteiger partial charge < -0.3 is 14.7 Å². The minimum Gasteiger partial charge on any atom is -0.391 e. The molecule has 19 heavy (non-hydrogen) atoms. The summed E-state index contributed by atoms with van der Waals surface area (Å²) in [5.41, 5.74) is 0.876. The number of aliphatic hydroxyl groups excluding tert-OH is 1. The van der Waals surface area contributed by atoms with E-state index in [2.05, 4.69) is 23.7 Å². The molecule has 1 N–H and O–H groups in total. The molecule has 0 atom stereocenters. The molecule has 1 aromatic rings. The van der Waals surface area contributed by atoms with E-state index in [1.807, 2.05) is 11.8 Å². The molecule has 0 aromatic carbocycles. The maximum Gasteiger partial charge on any atom is 0.185 e. The molecule has 2 rings (SSSR count). The van der Waals surface area contributed by atoms with Gasteiger partial charge in [-0.2, -0.15) is 11.8 Å². The van der Waals surface area contributed by atoms with E-state index in [0.717, 1.165) is 41.0 Å². The van der Waals surface area contributed by atoms with Crippen molar-refractivity contribution in [3.05, 3.63) is 10.6 Å². The lowest BCUT2D eigenvalue weighted by Gasteiger charge is -2.22. The fourth-order valence-corrected chi connectivity index (χ4v) is 4.16. The van der Waals surface area contributed by atoms with Crippen LogP contribution in [0.5, 0.6) is 0 Å². The summed E-state index contributed by atoms with van der Waals surface area (Å²) >= 11 is 3.62. The maximum absolute atomic E-state index is 9.39. The smallest absolute Gasteiger partial charge is 0.185 e. The first-order chi connectivity index (χ1) is 9.05. The molecule has 1 aliphatic rings. The van der Waals surface area contributed by atoms with Crippen molar-refractivity contribution in [2.24, 2.45) is 0 Å². The molecular weight excluding hydrogens is 280 g/mol. The second-order valence-corrected chi connectivity index (χ2v) is 8.17. The third-order valence-corrected chi connectivity index (χ3v) is 5.82. The molecule has 6 heteroatoms. The molecule has 0 spiro atoms. The van der Waals surface area contributed by atoms with Gasteiger partial charge in [0.1, 0.15) is 0 Å². The van der Waals surface area contributed by atoms with Crippen LogP contribution in [0.1, 0.15) is 30.8 Å². The summed E-state index contributed by atoms with van der Waals surface area (Å²) in [5, 5.41) is 10.4. The quantitative estimate of drug-likeness (QED) is 0.926. The van der Waals surface area contributed by atoms with Crippen molar-refractivity contribution >= 4 is 28.2 Å². The first-order valence-corrected chi connectivity index (χ1v) is 8.33. The number of anilines is 1. The third-order valence-electron chi connectivity index (χ3n) is 3.30. The van der Waals surface area contributed by atoms with Crippen LogP contribution in [0.2, 0.25) is 0 Å². The zero-order valence-corrected chi connectivity index (χ0v) is 13.4. The van der Waals surface area contributed by atoms with Gasteiger partial charge in [-0.1, -0.05) is 25.2 Å². The predicted molar refractivity (Wildman–Crippen MR) is 82.1 cm³/mol. The van der Waals surface area contributed by atoms with Gasteiger partial charge in [-0.25, -0.2) is 4.98 Å². The Bertz CT molecular complexity index is 421. The van der Waals surface area contributed by atoms with Crippen molar-refractivity contribution in [2.75, 3.05) is 30.9 Å². The zero-order chi connectivity index (χ0) is 13.9. The Morgan fingerprint density at radius 1 is 1.42 bits per heavy atom. The number of thiazole rings is 1.